The normalized spacial score (nSPS) is 23.1. The Kier molecular flexibility index (Phi) is 7.35. The van der Waals surface area contributed by atoms with Crippen LogP contribution in [0.5, 0.6) is 0 Å². The third-order valence-corrected chi connectivity index (χ3v) is 6.56. The highest BCUT2D eigenvalue weighted by atomic mass is 15.3. The minimum absolute atomic E-state index is 0.614. The van der Waals surface area contributed by atoms with E-state index in [1.807, 2.05) is 25.5 Å². The molecule has 2 saturated heterocycles. The van der Waals surface area contributed by atoms with Crippen LogP contribution >= 0.6 is 0 Å². The van der Waals surface area contributed by atoms with Crippen molar-refractivity contribution in [3.05, 3.63) is 54.4 Å². The molecule has 2 aliphatic rings. The third-order valence-electron chi connectivity index (χ3n) is 6.56. The quantitative estimate of drug-likeness (QED) is 0.591. The first-order valence-corrected chi connectivity index (χ1v) is 11.5. The monoisotopic (exact) mass is 421 g/mol. The maximum Gasteiger partial charge on any atom is 0.225 e. The largest absolute Gasteiger partial charge is 0.355 e. The zero-order valence-corrected chi connectivity index (χ0v) is 18.8. The van der Waals surface area contributed by atoms with Gasteiger partial charge in [-0.05, 0) is 29.9 Å². The molecule has 7 heteroatoms. The van der Waals surface area contributed by atoms with Gasteiger partial charge in [0.1, 0.15) is 0 Å². The Balaban J connectivity index is 1.20. The maximum absolute atomic E-state index is 4.57. The molecule has 4 rings (SSSR count). The van der Waals surface area contributed by atoms with Gasteiger partial charge in [0, 0.05) is 71.8 Å². The van der Waals surface area contributed by atoms with E-state index in [2.05, 4.69) is 72.2 Å². The summed E-state index contributed by atoms with van der Waals surface area (Å²) in [5.41, 5.74) is 1.47. The first-order chi connectivity index (χ1) is 15.2. The van der Waals surface area contributed by atoms with Crippen LogP contribution in [0.3, 0.4) is 0 Å². The average Bonchev–Trinajstić information content (AvgIpc) is 2.83. The molecule has 3 heterocycles. The van der Waals surface area contributed by atoms with E-state index in [0.717, 1.165) is 64.3 Å². The van der Waals surface area contributed by atoms with Gasteiger partial charge >= 0.3 is 0 Å². The number of hydrogen-bond acceptors (Lipinski definition) is 5. The number of benzene rings is 1. The smallest absolute Gasteiger partial charge is 0.225 e. The summed E-state index contributed by atoms with van der Waals surface area (Å²) in [5, 5.41) is 3.60. The molecule has 2 aliphatic heterocycles. The molecule has 0 saturated carbocycles. The Labute approximate surface area is 186 Å². The van der Waals surface area contributed by atoms with Gasteiger partial charge in [-0.1, -0.05) is 37.3 Å². The molecule has 1 aromatic carbocycles. The molecule has 2 unspecified atom stereocenters. The Bertz CT molecular complexity index is 818. The standard InChI is InChI=1S/C24H35N7/c1-20-19-31(13-9-22(20)21-7-4-3-5-8-21)23(25-2)28-12-14-29-15-17-30(18-16-29)24-26-10-6-11-27-24/h3-8,10-11,20,22H,9,12-19H2,1-2H3,(H,25,28). The van der Waals surface area contributed by atoms with Gasteiger partial charge in [-0.25, -0.2) is 9.97 Å². The first kappa shape index (κ1) is 21.6. The number of piperazine rings is 1. The predicted molar refractivity (Wildman–Crippen MR) is 127 cm³/mol. The molecule has 1 aromatic heterocycles. The fourth-order valence-electron chi connectivity index (χ4n) is 4.82. The van der Waals surface area contributed by atoms with E-state index in [1.54, 1.807) is 0 Å². The predicted octanol–water partition coefficient (Wildman–Crippen LogP) is 2.30. The fourth-order valence-corrected chi connectivity index (χ4v) is 4.82. The minimum atomic E-state index is 0.614. The van der Waals surface area contributed by atoms with Crippen LogP contribution in [-0.2, 0) is 0 Å². The van der Waals surface area contributed by atoms with E-state index in [1.165, 1.54) is 12.0 Å². The molecule has 2 fully saturated rings. The summed E-state index contributed by atoms with van der Waals surface area (Å²) < 4.78 is 0. The van der Waals surface area contributed by atoms with Crippen LogP contribution < -0.4 is 10.2 Å². The number of likely N-dealkylation sites (tertiary alicyclic amines) is 1. The van der Waals surface area contributed by atoms with Crippen LogP contribution in [0.15, 0.2) is 53.8 Å². The highest BCUT2D eigenvalue weighted by Gasteiger charge is 2.28. The highest BCUT2D eigenvalue weighted by molar-refractivity contribution is 5.80. The van der Waals surface area contributed by atoms with Crippen LogP contribution in [0, 0.1) is 5.92 Å². The third kappa shape index (κ3) is 5.53. The van der Waals surface area contributed by atoms with Crippen molar-refractivity contribution in [3.63, 3.8) is 0 Å². The van der Waals surface area contributed by atoms with Gasteiger partial charge in [0.25, 0.3) is 0 Å². The van der Waals surface area contributed by atoms with Crippen molar-refractivity contribution in [2.75, 3.05) is 64.3 Å². The number of piperidine rings is 1. The lowest BCUT2D eigenvalue weighted by Crippen LogP contribution is -2.51. The summed E-state index contributed by atoms with van der Waals surface area (Å²) in [6.45, 7) is 10.4. The molecule has 0 aliphatic carbocycles. The summed E-state index contributed by atoms with van der Waals surface area (Å²) in [6.07, 6.45) is 4.80. The first-order valence-electron chi connectivity index (χ1n) is 11.5. The van der Waals surface area contributed by atoms with Crippen molar-refractivity contribution in [2.24, 2.45) is 10.9 Å². The van der Waals surface area contributed by atoms with Gasteiger partial charge in [-0.15, -0.1) is 0 Å². The summed E-state index contributed by atoms with van der Waals surface area (Å²) in [4.78, 5) is 20.5. The minimum Gasteiger partial charge on any atom is -0.355 e. The molecule has 0 bridgehead atoms. The molecule has 2 atom stereocenters. The number of aromatic nitrogens is 2. The van der Waals surface area contributed by atoms with Gasteiger partial charge in [0.15, 0.2) is 5.96 Å². The van der Waals surface area contributed by atoms with Crippen molar-refractivity contribution in [1.82, 2.24) is 25.1 Å². The van der Waals surface area contributed by atoms with E-state index < -0.39 is 0 Å². The summed E-state index contributed by atoms with van der Waals surface area (Å²) >= 11 is 0. The molecule has 1 N–H and O–H groups in total. The van der Waals surface area contributed by atoms with Crippen molar-refractivity contribution in [1.29, 1.82) is 0 Å². The fraction of sp³-hybridized carbons (Fsp3) is 0.542. The second-order valence-electron chi connectivity index (χ2n) is 8.58. The number of nitrogens with zero attached hydrogens (tertiary/aromatic N) is 6. The van der Waals surface area contributed by atoms with Crippen molar-refractivity contribution in [3.8, 4) is 0 Å². The van der Waals surface area contributed by atoms with E-state index in [4.69, 9.17) is 0 Å². The Hall–Kier alpha value is -2.67. The molecular formula is C24H35N7. The van der Waals surface area contributed by atoms with Crippen LogP contribution in [0.25, 0.3) is 0 Å². The van der Waals surface area contributed by atoms with E-state index in [-0.39, 0.29) is 0 Å². The van der Waals surface area contributed by atoms with Crippen LogP contribution in [-0.4, -0.2) is 85.1 Å². The molecule has 7 nitrogen and oxygen atoms in total. The Morgan fingerprint density at radius 2 is 1.77 bits per heavy atom. The van der Waals surface area contributed by atoms with Crippen molar-refractivity contribution >= 4 is 11.9 Å². The molecule has 0 radical (unpaired) electrons. The number of guanidine groups is 1. The average molecular weight is 422 g/mol. The van der Waals surface area contributed by atoms with E-state index in [9.17, 15) is 0 Å². The summed E-state index contributed by atoms with van der Waals surface area (Å²) in [5.74, 6) is 3.13. The van der Waals surface area contributed by atoms with Gasteiger partial charge in [0.2, 0.25) is 5.95 Å². The number of nitrogens with one attached hydrogen (secondary N) is 1. The lowest BCUT2D eigenvalue weighted by Gasteiger charge is -2.39. The number of aliphatic imine (C=N–C) groups is 1. The van der Waals surface area contributed by atoms with E-state index >= 15 is 0 Å². The van der Waals surface area contributed by atoms with Crippen LogP contribution in [0.2, 0.25) is 0 Å². The zero-order chi connectivity index (χ0) is 21.5. The zero-order valence-electron chi connectivity index (χ0n) is 18.8. The lowest BCUT2D eigenvalue weighted by molar-refractivity contribution is 0.230. The van der Waals surface area contributed by atoms with Gasteiger partial charge in [0.05, 0.1) is 0 Å². The highest BCUT2D eigenvalue weighted by Crippen LogP contribution is 2.32. The van der Waals surface area contributed by atoms with Gasteiger partial charge < -0.3 is 15.1 Å². The number of anilines is 1. The molecule has 0 spiro atoms. The van der Waals surface area contributed by atoms with Crippen molar-refractivity contribution in [2.45, 2.75) is 19.3 Å². The second kappa shape index (κ2) is 10.6. The number of rotatable bonds is 5. The van der Waals surface area contributed by atoms with Gasteiger partial charge in [-0.3, -0.25) is 9.89 Å². The van der Waals surface area contributed by atoms with Gasteiger partial charge in [-0.2, -0.15) is 0 Å². The van der Waals surface area contributed by atoms with Crippen LogP contribution in [0.1, 0.15) is 24.8 Å². The second-order valence-corrected chi connectivity index (χ2v) is 8.58. The maximum atomic E-state index is 4.57. The SMILES string of the molecule is CN=C(NCCN1CCN(c2ncccn2)CC1)N1CCC(c2ccccc2)C(C)C1. The van der Waals surface area contributed by atoms with Crippen LogP contribution in [0.4, 0.5) is 5.95 Å². The molecule has 166 valence electrons. The Morgan fingerprint density at radius 3 is 2.45 bits per heavy atom. The topological polar surface area (TPSA) is 59.9 Å². The molecule has 31 heavy (non-hydrogen) atoms. The summed E-state index contributed by atoms with van der Waals surface area (Å²) in [6, 6.07) is 12.8. The van der Waals surface area contributed by atoms with Crippen molar-refractivity contribution < 1.29 is 0 Å². The molecular weight excluding hydrogens is 386 g/mol. The lowest BCUT2D eigenvalue weighted by atomic mass is 9.82. The molecule has 0 amide bonds. The number of hydrogen-bond donors (Lipinski definition) is 1. The molecule has 2 aromatic rings. The Morgan fingerprint density at radius 1 is 1.03 bits per heavy atom. The van der Waals surface area contributed by atoms with E-state index in [0.29, 0.717) is 11.8 Å². The summed E-state index contributed by atoms with van der Waals surface area (Å²) in [7, 11) is 1.90.